The summed E-state index contributed by atoms with van der Waals surface area (Å²) >= 11 is 0. The van der Waals surface area contributed by atoms with E-state index in [1.165, 1.54) is 18.4 Å². The molecule has 0 bridgehead atoms. The van der Waals surface area contributed by atoms with E-state index >= 15 is 0 Å². The molecule has 8 heteroatoms. The summed E-state index contributed by atoms with van der Waals surface area (Å²) < 4.78 is 5.85. The fourth-order valence-electron chi connectivity index (χ4n) is 11.7. The summed E-state index contributed by atoms with van der Waals surface area (Å²) in [5.41, 5.74) is 1.24. The molecular formula is C31H47N6O2+. The Balaban J connectivity index is 1.34. The molecule has 8 atom stereocenters. The van der Waals surface area contributed by atoms with Gasteiger partial charge in [-0.05, 0) is 89.7 Å². The second-order valence-corrected chi connectivity index (χ2v) is 16.3. The highest BCUT2D eigenvalue weighted by Crippen LogP contribution is 2.75. The lowest BCUT2D eigenvalue weighted by Gasteiger charge is -2.71. The molecule has 8 nitrogen and oxygen atoms in total. The Morgan fingerprint density at radius 1 is 0.974 bits per heavy atom. The van der Waals surface area contributed by atoms with Gasteiger partial charge in [0, 0.05) is 34.0 Å². The predicted octanol–water partition coefficient (Wildman–Crippen LogP) is 4.97. The lowest BCUT2D eigenvalue weighted by molar-refractivity contribution is -0.788. The molecule has 0 amide bonds. The number of ketones is 1. The summed E-state index contributed by atoms with van der Waals surface area (Å²) in [5, 5.41) is 17.7. The fraction of sp³-hybridized carbons (Fsp3) is 0.871. The second-order valence-electron chi connectivity index (χ2n) is 16.3. The highest BCUT2D eigenvalue weighted by Gasteiger charge is 2.73. The molecule has 2 aromatic rings. The number of rotatable bonds is 1. The van der Waals surface area contributed by atoms with Gasteiger partial charge in [-0.15, -0.1) is 0 Å². The number of fused-ring (bicyclic) bond motifs is 8. The van der Waals surface area contributed by atoms with Crippen LogP contribution in [0.25, 0.3) is 0 Å². The molecule has 0 N–H and O–H groups in total. The van der Waals surface area contributed by atoms with Crippen LogP contribution in [0.1, 0.15) is 111 Å². The monoisotopic (exact) mass is 535 g/mol. The van der Waals surface area contributed by atoms with Gasteiger partial charge in [-0.1, -0.05) is 53.6 Å². The van der Waals surface area contributed by atoms with Gasteiger partial charge < -0.3 is 4.52 Å². The molecule has 5 aliphatic carbocycles. The molecule has 2 heterocycles. The summed E-state index contributed by atoms with van der Waals surface area (Å²) in [4.78, 5) is 18.2. The molecule has 39 heavy (non-hydrogen) atoms. The minimum absolute atomic E-state index is 0.0336. The molecule has 212 valence electrons. The lowest BCUT2D eigenvalue weighted by atomic mass is 9.32. The molecule has 0 radical (unpaired) electrons. The first-order valence-electron chi connectivity index (χ1n) is 15.3. The minimum atomic E-state index is -0.224. The van der Waals surface area contributed by atoms with Gasteiger partial charge in [0.05, 0.1) is 11.4 Å². The minimum Gasteiger partial charge on any atom is -0.361 e. The lowest BCUT2D eigenvalue weighted by Crippen LogP contribution is -2.70. The van der Waals surface area contributed by atoms with Crippen LogP contribution < -0.4 is 4.80 Å². The van der Waals surface area contributed by atoms with E-state index in [9.17, 15) is 4.79 Å². The van der Waals surface area contributed by atoms with Gasteiger partial charge in [-0.2, -0.15) is 0 Å². The molecule has 4 fully saturated rings. The van der Waals surface area contributed by atoms with E-state index in [0.29, 0.717) is 24.0 Å². The van der Waals surface area contributed by atoms with Crippen molar-refractivity contribution in [2.45, 2.75) is 117 Å². The Hall–Kier alpha value is -2.12. The van der Waals surface area contributed by atoms with Gasteiger partial charge in [-0.3, -0.25) is 4.79 Å². The molecule has 0 saturated heterocycles. The van der Waals surface area contributed by atoms with Crippen molar-refractivity contribution in [3.63, 3.8) is 0 Å². The zero-order valence-electron chi connectivity index (χ0n) is 25.3. The molecular weight excluding hydrogens is 488 g/mol. The van der Waals surface area contributed by atoms with Crippen LogP contribution in [0.5, 0.6) is 0 Å². The third kappa shape index (κ3) is 3.07. The third-order valence-corrected chi connectivity index (χ3v) is 13.8. The number of hydrogen-bond acceptors (Lipinski definition) is 6. The quantitative estimate of drug-likeness (QED) is 0.479. The maximum atomic E-state index is 14.7. The van der Waals surface area contributed by atoms with Crippen molar-refractivity contribution in [3.05, 3.63) is 17.5 Å². The van der Waals surface area contributed by atoms with Gasteiger partial charge >= 0.3 is 0 Å². The largest absolute Gasteiger partial charge is 0.361 e. The standard InChI is InChI=1S/C31H47N6O2/c1-26(2)11-13-31(37-34-33-36(8)35-37)14-12-30(7)24(20(31)17-26)21(38)15-23-28(5)16-19-18-32-39-25(19)27(3,4)22(28)9-10-29(23,30)6/h18,20,22-24H,9-17H2,1-8H3/q+1/t20-,22-,23+,24-,28-,29+,30+,31-/m0/s1. The van der Waals surface area contributed by atoms with Crippen LogP contribution in [0.4, 0.5) is 0 Å². The van der Waals surface area contributed by atoms with Crippen molar-refractivity contribution in [2.75, 3.05) is 0 Å². The fourth-order valence-corrected chi connectivity index (χ4v) is 11.7. The van der Waals surface area contributed by atoms with Crippen molar-refractivity contribution < 1.29 is 14.1 Å². The van der Waals surface area contributed by atoms with E-state index in [0.717, 1.165) is 44.3 Å². The van der Waals surface area contributed by atoms with Gasteiger partial charge in [0.15, 0.2) is 10.8 Å². The highest BCUT2D eigenvalue weighted by atomic mass is 16.5. The number of Topliss-reactive ketones (excluding diaryl/α,β-unsaturated/α-hetero) is 1. The van der Waals surface area contributed by atoms with Crippen LogP contribution in [-0.4, -0.2) is 31.4 Å². The molecule has 0 aromatic carbocycles. The second kappa shape index (κ2) is 7.58. The van der Waals surface area contributed by atoms with Crippen molar-refractivity contribution >= 4 is 5.78 Å². The Labute approximate surface area is 232 Å². The van der Waals surface area contributed by atoms with Crippen molar-refractivity contribution in [2.24, 2.45) is 52.4 Å². The first kappa shape index (κ1) is 25.8. The maximum absolute atomic E-state index is 14.7. The molecule has 4 saturated carbocycles. The van der Waals surface area contributed by atoms with E-state index in [1.54, 1.807) is 4.80 Å². The Kier molecular flexibility index (Phi) is 5.02. The summed E-state index contributed by atoms with van der Waals surface area (Å²) in [6.45, 7) is 17.1. The average Bonchev–Trinajstić information content (AvgIpc) is 3.50. The zero-order chi connectivity index (χ0) is 27.8. The molecule has 2 aromatic heterocycles. The van der Waals surface area contributed by atoms with Crippen molar-refractivity contribution in [3.8, 4) is 0 Å². The van der Waals surface area contributed by atoms with E-state index in [2.05, 4.69) is 64.0 Å². The van der Waals surface area contributed by atoms with Gasteiger partial charge in [0.1, 0.15) is 23.8 Å². The molecule has 0 spiro atoms. The molecule has 0 aliphatic heterocycles. The van der Waals surface area contributed by atoms with Gasteiger partial charge in [0.25, 0.3) is 0 Å². The average molecular weight is 536 g/mol. The van der Waals surface area contributed by atoms with Crippen molar-refractivity contribution in [1.82, 2.24) is 25.6 Å². The van der Waals surface area contributed by atoms with Crippen LogP contribution >= 0.6 is 0 Å². The summed E-state index contributed by atoms with van der Waals surface area (Å²) in [5.74, 6) is 2.66. The third-order valence-electron chi connectivity index (χ3n) is 13.8. The number of hydrogen-bond donors (Lipinski definition) is 0. The Morgan fingerprint density at radius 2 is 1.72 bits per heavy atom. The van der Waals surface area contributed by atoms with Gasteiger partial charge in [-0.25, -0.2) is 0 Å². The summed E-state index contributed by atoms with van der Waals surface area (Å²) in [6.07, 6.45) is 11.2. The number of aromatic nitrogens is 6. The first-order chi connectivity index (χ1) is 18.2. The van der Waals surface area contributed by atoms with E-state index < -0.39 is 0 Å². The van der Waals surface area contributed by atoms with Crippen LogP contribution in [0.15, 0.2) is 10.7 Å². The normalized spacial score (nSPS) is 45.9. The predicted molar refractivity (Wildman–Crippen MR) is 144 cm³/mol. The Morgan fingerprint density at radius 3 is 2.44 bits per heavy atom. The SMILES string of the molecule is C[n+]1nnn([C@]23CCC(C)(C)C[C@H]2[C@H]2C(=O)C[C@@H]4[C@@]5(C)Cc6cnoc6C(C)(C)[C@@H]5CC[C@@]4(C)[C@]2(C)CC3)n1. The topological polar surface area (TPSA) is 90.6 Å². The van der Waals surface area contributed by atoms with Crippen LogP contribution in [0, 0.1) is 45.3 Å². The number of aryl methyl sites for hydroxylation is 1. The maximum Gasteiger partial charge on any atom is 0.189 e. The molecule has 0 unspecified atom stereocenters. The first-order valence-corrected chi connectivity index (χ1v) is 15.3. The highest BCUT2D eigenvalue weighted by molar-refractivity contribution is 5.84. The molecule has 5 aliphatic rings. The molecule has 7 rings (SSSR count). The Bertz CT molecular complexity index is 1340. The summed E-state index contributed by atoms with van der Waals surface area (Å²) in [6, 6.07) is 0. The summed E-state index contributed by atoms with van der Waals surface area (Å²) in [7, 11) is 1.85. The zero-order valence-corrected chi connectivity index (χ0v) is 25.3. The van der Waals surface area contributed by atoms with E-state index in [1.807, 2.05) is 18.0 Å². The van der Waals surface area contributed by atoms with Crippen molar-refractivity contribution in [1.29, 1.82) is 0 Å². The van der Waals surface area contributed by atoms with Crippen LogP contribution in [-0.2, 0) is 29.2 Å². The number of nitrogens with zero attached hydrogens (tertiary/aromatic N) is 6. The van der Waals surface area contributed by atoms with E-state index in [4.69, 9.17) is 9.74 Å². The van der Waals surface area contributed by atoms with Gasteiger partial charge in [0.2, 0.25) is 0 Å². The number of carbonyl (C=O) groups is 1. The van der Waals surface area contributed by atoms with Crippen LogP contribution in [0.3, 0.4) is 0 Å². The van der Waals surface area contributed by atoms with E-state index in [-0.39, 0.29) is 44.4 Å². The van der Waals surface area contributed by atoms with Crippen LogP contribution in [0.2, 0.25) is 0 Å². The number of carbonyl (C=O) groups excluding carboxylic acids is 1. The smallest absolute Gasteiger partial charge is 0.189 e.